The maximum Gasteiger partial charge on any atom is 0.272 e. The maximum absolute atomic E-state index is 13.1. The highest BCUT2D eigenvalue weighted by Crippen LogP contribution is 2.41. The van der Waals surface area contributed by atoms with E-state index in [9.17, 15) is 4.79 Å². The molecule has 1 amide bonds. The minimum atomic E-state index is -0.221. The first kappa shape index (κ1) is 21.4. The van der Waals surface area contributed by atoms with Crippen LogP contribution in [-0.4, -0.2) is 61.7 Å². The van der Waals surface area contributed by atoms with Gasteiger partial charge < -0.3 is 24.5 Å². The lowest BCUT2D eigenvalue weighted by Crippen LogP contribution is -2.32. The number of aromatic nitrogens is 1. The number of hydrogen-bond acceptors (Lipinski definition) is 6. The Kier molecular flexibility index (Phi) is 6.58. The summed E-state index contributed by atoms with van der Waals surface area (Å²) in [5, 5.41) is 3.82. The molecule has 4 rings (SSSR count). The zero-order valence-electron chi connectivity index (χ0n) is 18.0. The molecular formula is C23H27N3O4S. The van der Waals surface area contributed by atoms with Gasteiger partial charge in [-0.1, -0.05) is 18.2 Å². The van der Waals surface area contributed by atoms with Gasteiger partial charge in [-0.25, -0.2) is 0 Å². The number of nitrogens with one attached hydrogen (secondary N) is 2. The van der Waals surface area contributed by atoms with Crippen LogP contribution in [0.5, 0.6) is 17.2 Å². The minimum Gasteiger partial charge on any atom is -0.496 e. The molecule has 0 atom stereocenters. The third-order valence-electron chi connectivity index (χ3n) is 5.45. The van der Waals surface area contributed by atoms with Gasteiger partial charge in [0.2, 0.25) is 0 Å². The number of nitrogens with zero attached hydrogens (tertiary/aromatic N) is 1. The second-order valence-corrected chi connectivity index (χ2v) is 8.51. The Bertz CT molecular complexity index is 1080. The largest absolute Gasteiger partial charge is 0.496 e. The molecule has 0 radical (unpaired) electrons. The molecular weight excluding hydrogens is 414 g/mol. The standard InChI is InChI=1S/C23H27N3O4S/c1-28-19-13-20(29-2)22(30-3)21-16(19)12-18(24-21)23(27)25-17-7-5-4-6-15(17)14-26-8-10-31-11-9-26/h4-7,12-13,24H,8-11,14H2,1-3H3,(H,25,27). The van der Waals surface area contributed by atoms with E-state index in [0.29, 0.717) is 28.5 Å². The van der Waals surface area contributed by atoms with Crippen molar-refractivity contribution in [2.75, 3.05) is 51.2 Å². The molecule has 2 N–H and O–H groups in total. The summed E-state index contributed by atoms with van der Waals surface area (Å²) in [6.07, 6.45) is 0. The Hall–Kier alpha value is -2.84. The fourth-order valence-corrected chi connectivity index (χ4v) is 4.81. The first-order valence-electron chi connectivity index (χ1n) is 10.2. The fourth-order valence-electron chi connectivity index (χ4n) is 3.83. The molecule has 3 aromatic rings. The van der Waals surface area contributed by atoms with Crippen molar-refractivity contribution < 1.29 is 19.0 Å². The lowest BCUT2D eigenvalue weighted by atomic mass is 10.1. The lowest BCUT2D eigenvalue weighted by Gasteiger charge is -2.27. The number of rotatable bonds is 7. The van der Waals surface area contributed by atoms with E-state index in [0.717, 1.165) is 47.8 Å². The van der Waals surface area contributed by atoms with Crippen molar-refractivity contribution in [2.45, 2.75) is 6.54 Å². The van der Waals surface area contributed by atoms with Crippen molar-refractivity contribution in [3.8, 4) is 17.2 Å². The van der Waals surface area contributed by atoms with Crippen LogP contribution >= 0.6 is 11.8 Å². The average Bonchev–Trinajstić information content (AvgIpc) is 3.25. The summed E-state index contributed by atoms with van der Waals surface area (Å²) in [4.78, 5) is 18.7. The highest BCUT2D eigenvalue weighted by molar-refractivity contribution is 7.99. The number of ether oxygens (including phenoxy) is 3. The number of hydrogen-bond donors (Lipinski definition) is 2. The number of thioether (sulfide) groups is 1. The van der Waals surface area contributed by atoms with Crippen LogP contribution in [-0.2, 0) is 6.54 Å². The number of H-pyrrole nitrogens is 1. The number of methoxy groups -OCH3 is 3. The number of amides is 1. The van der Waals surface area contributed by atoms with Gasteiger partial charge in [0.25, 0.3) is 5.91 Å². The Morgan fingerprint density at radius 3 is 2.52 bits per heavy atom. The molecule has 1 fully saturated rings. The third kappa shape index (κ3) is 4.45. The number of para-hydroxylation sites is 1. The van der Waals surface area contributed by atoms with Crippen LogP contribution in [0.3, 0.4) is 0 Å². The quantitative estimate of drug-likeness (QED) is 0.577. The van der Waals surface area contributed by atoms with Crippen molar-refractivity contribution in [2.24, 2.45) is 0 Å². The minimum absolute atomic E-state index is 0.221. The van der Waals surface area contributed by atoms with Gasteiger partial charge in [-0.3, -0.25) is 9.69 Å². The Balaban J connectivity index is 1.62. The first-order valence-corrected chi connectivity index (χ1v) is 11.3. The summed E-state index contributed by atoms with van der Waals surface area (Å²) in [5.41, 5.74) is 3.00. The van der Waals surface area contributed by atoms with Crippen LogP contribution in [0.4, 0.5) is 5.69 Å². The summed E-state index contributed by atoms with van der Waals surface area (Å²) < 4.78 is 16.4. The van der Waals surface area contributed by atoms with Crippen molar-refractivity contribution >= 4 is 34.3 Å². The van der Waals surface area contributed by atoms with E-state index in [-0.39, 0.29) is 5.91 Å². The van der Waals surface area contributed by atoms with Gasteiger partial charge >= 0.3 is 0 Å². The number of benzene rings is 2. The average molecular weight is 442 g/mol. The zero-order chi connectivity index (χ0) is 21.8. The summed E-state index contributed by atoms with van der Waals surface area (Å²) in [7, 11) is 4.72. The second kappa shape index (κ2) is 9.53. The third-order valence-corrected chi connectivity index (χ3v) is 6.39. The topological polar surface area (TPSA) is 75.8 Å². The highest BCUT2D eigenvalue weighted by atomic mass is 32.2. The van der Waals surface area contributed by atoms with Crippen molar-refractivity contribution in [3.63, 3.8) is 0 Å². The van der Waals surface area contributed by atoms with Crippen LogP contribution in [0, 0.1) is 0 Å². The number of anilines is 1. The smallest absolute Gasteiger partial charge is 0.272 e. The van der Waals surface area contributed by atoms with E-state index in [1.54, 1.807) is 33.5 Å². The van der Waals surface area contributed by atoms with Crippen molar-refractivity contribution in [1.82, 2.24) is 9.88 Å². The van der Waals surface area contributed by atoms with Crippen LogP contribution < -0.4 is 19.5 Å². The van der Waals surface area contributed by atoms with Crippen LogP contribution in [0.15, 0.2) is 36.4 Å². The Morgan fingerprint density at radius 1 is 1.06 bits per heavy atom. The number of aromatic amines is 1. The first-order chi connectivity index (χ1) is 15.1. The number of fused-ring (bicyclic) bond motifs is 1. The van der Waals surface area contributed by atoms with E-state index in [2.05, 4.69) is 21.3 Å². The molecule has 0 aliphatic carbocycles. The molecule has 1 aromatic heterocycles. The molecule has 8 heteroatoms. The molecule has 0 bridgehead atoms. The van der Waals surface area contributed by atoms with E-state index in [4.69, 9.17) is 14.2 Å². The zero-order valence-corrected chi connectivity index (χ0v) is 18.8. The van der Waals surface area contributed by atoms with Gasteiger partial charge in [0.15, 0.2) is 11.5 Å². The molecule has 1 saturated heterocycles. The molecule has 0 unspecified atom stereocenters. The summed E-state index contributed by atoms with van der Waals surface area (Å²) >= 11 is 1.99. The second-order valence-electron chi connectivity index (χ2n) is 7.29. The number of carbonyl (C=O) groups excluding carboxylic acids is 1. The predicted molar refractivity (Wildman–Crippen MR) is 125 cm³/mol. The molecule has 164 valence electrons. The molecule has 0 spiro atoms. The maximum atomic E-state index is 13.1. The molecule has 2 heterocycles. The molecule has 31 heavy (non-hydrogen) atoms. The lowest BCUT2D eigenvalue weighted by molar-refractivity contribution is 0.102. The van der Waals surface area contributed by atoms with Gasteiger partial charge in [0.05, 0.1) is 26.8 Å². The van der Waals surface area contributed by atoms with Crippen molar-refractivity contribution in [1.29, 1.82) is 0 Å². The van der Waals surface area contributed by atoms with Crippen LogP contribution in [0.25, 0.3) is 10.9 Å². The molecule has 1 aliphatic heterocycles. The fraction of sp³-hybridized carbons (Fsp3) is 0.348. The molecule has 2 aromatic carbocycles. The monoisotopic (exact) mass is 441 g/mol. The molecule has 1 aliphatic rings. The summed E-state index contributed by atoms with van der Waals surface area (Å²) in [6.45, 7) is 2.95. The van der Waals surface area contributed by atoms with Gasteiger partial charge in [-0.05, 0) is 17.7 Å². The summed E-state index contributed by atoms with van der Waals surface area (Å²) in [5.74, 6) is 3.74. The number of carbonyl (C=O) groups is 1. The van der Waals surface area contributed by atoms with Gasteiger partial charge in [-0.2, -0.15) is 11.8 Å². The summed E-state index contributed by atoms with van der Waals surface area (Å²) in [6, 6.07) is 11.5. The van der Waals surface area contributed by atoms with E-state index < -0.39 is 0 Å². The van der Waals surface area contributed by atoms with E-state index in [1.807, 2.05) is 30.0 Å². The van der Waals surface area contributed by atoms with E-state index in [1.165, 1.54) is 0 Å². The Labute approximate surface area is 186 Å². The SMILES string of the molecule is COc1cc(OC)c2cc(C(=O)Nc3ccccc3CN3CCSCC3)[nH]c2c1OC. The van der Waals surface area contributed by atoms with Gasteiger partial charge in [0, 0.05) is 48.3 Å². The van der Waals surface area contributed by atoms with Crippen LogP contribution in [0.2, 0.25) is 0 Å². The molecule has 7 nitrogen and oxygen atoms in total. The van der Waals surface area contributed by atoms with Gasteiger partial charge in [0.1, 0.15) is 11.4 Å². The van der Waals surface area contributed by atoms with Crippen molar-refractivity contribution in [3.05, 3.63) is 47.7 Å². The van der Waals surface area contributed by atoms with Crippen LogP contribution in [0.1, 0.15) is 16.1 Å². The molecule has 0 saturated carbocycles. The predicted octanol–water partition coefficient (Wildman–Crippen LogP) is 3.99. The highest BCUT2D eigenvalue weighted by Gasteiger charge is 2.20. The Morgan fingerprint density at radius 2 is 1.81 bits per heavy atom. The van der Waals surface area contributed by atoms with Gasteiger partial charge in [-0.15, -0.1) is 0 Å². The van der Waals surface area contributed by atoms with E-state index >= 15 is 0 Å². The normalized spacial score (nSPS) is 14.4.